The Morgan fingerprint density at radius 2 is 2.10 bits per heavy atom. The normalized spacial score (nSPS) is 25.3. The molecule has 3 rings (SSSR count). The van der Waals surface area contributed by atoms with Gasteiger partial charge in [0, 0.05) is 6.54 Å². The summed E-state index contributed by atoms with van der Waals surface area (Å²) in [4.78, 5) is 25.2. The number of carbonyl (C=O) groups excluding carboxylic acids is 1. The molecule has 20 heavy (non-hydrogen) atoms. The Kier molecular flexibility index (Phi) is 3.44. The molecule has 0 radical (unpaired) electrons. The van der Waals surface area contributed by atoms with Gasteiger partial charge in [0.2, 0.25) is 5.91 Å². The molecule has 5 heteroatoms. The highest BCUT2D eigenvalue weighted by Crippen LogP contribution is 2.34. The molecular weight excluding hydrogens is 258 g/mol. The van der Waals surface area contributed by atoms with Crippen molar-refractivity contribution >= 4 is 11.9 Å². The summed E-state index contributed by atoms with van der Waals surface area (Å²) < 4.78 is 5.16. The number of benzene rings is 1. The lowest BCUT2D eigenvalue weighted by Crippen LogP contribution is -2.49. The zero-order valence-corrected chi connectivity index (χ0v) is 11.1. The number of fused-ring (bicyclic) bond motifs is 1. The molecule has 1 aromatic carbocycles. The van der Waals surface area contributed by atoms with Crippen molar-refractivity contribution in [2.24, 2.45) is 0 Å². The number of amides is 1. The lowest BCUT2D eigenvalue weighted by atomic mass is 9.99. The summed E-state index contributed by atoms with van der Waals surface area (Å²) in [6.45, 7) is 0.908. The van der Waals surface area contributed by atoms with Crippen molar-refractivity contribution < 1.29 is 19.4 Å². The number of aliphatic carboxylic acids is 1. The van der Waals surface area contributed by atoms with Crippen LogP contribution in [0.4, 0.5) is 0 Å². The molecule has 0 aromatic heterocycles. The van der Waals surface area contributed by atoms with Gasteiger partial charge in [0.15, 0.2) is 6.10 Å². The second-order valence-corrected chi connectivity index (χ2v) is 5.27. The zero-order valence-electron chi connectivity index (χ0n) is 11.1. The maximum atomic E-state index is 12.6. The van der Waals surface area contributed by atoms with Crippen molar-refractivity contribution in [3.63, 3.8) is 0 Å². The number of hydrogen-bond donors (Lipinski definition) is 1. The summed E-state index contributed by atoms with van der Waals surface area (Å²) in [6, 6.07) is 7.99. The predicted molar refractivity (Wildman–Crippen MR) is 71.5 cm³/mol. The number of carbonyl (C=O) groups is 2. The monoisotopic (exact) mass is 275 g/mol. The Bertz CT molecular complexity index is 542. The first-order chi connectivity index (χ1) is 9.66. The molecular formula is C15H17NO4. The van der Waals surface area contributed by atoms with Crippen molar-refractivity contribution in [2.75, 3.05) is 19.7 Å². The molecule has 0 spiro atoms. The maximum Gasteiger partial charge on any atom is 0.334 e. The molecule has 1 amide bonds. The fourth-order valence-corrected chi connectivity index (χ4v) is 3.03. The van der Waals surface area contributed by atoms with E-state index in [1.165, 1.54) is 5.56 Å². The van der Waals surface area contributed by atoms with Crippen LogP contribution in [0, 0.1) is 0 Å². The van der Waals surface area contributed by atoms with E-state index in [1.807, 2.05) is 18.2 Å². The Morgan fingerprint density at radius 3 is 2.90 bits per heavy atom. The van der Waals surface area contributed by atoms with E-state index < -0.39 is 12.1 Å². The van der Waals surface area contributed by atoms with Gasteiger partial charge in [-0.3, -0.25) is 4.79 Å². The van der Waals surface area contributed by atoms with E-state index in [-0.39, 0.29) is 25.0 Å². The lowest BCUT2D eigenvalue weighted by Gasteiger charge is -2.32. The van der Waals surface area contributed by atoms with Crippen LogP contribution in [-0.4, -0.2) is 47.7 Å². The minimum atomic E-state index is -1.01. The molecule has 1 aliphatic carbocycles. The van der Waals surface area contributed by atoms with Crippen LogP contribution in [-0.2, 0) is 20.7 Å². The summed E-state index contributed by atoms with van der Waals surface area (Å²) in [5.74, 6) is -1.10. The molecule has 2 unspecified atom stereocenters. The van der Waals surface area contributed by atoms with Gasteiger partial charge in [-0.2, -0.15) is 0 Å². The minimum absolute atomic E-state index is 0.0319. The van der Waals surface area contributed by atoms with Gasteiger partial charge in [0.1, 0.15) is 0 Å². The van der Waals surface area contributed by atoms with Crippen molar-refractivity contribution in [3.8, 4) is 0 Å². The summed E-state index contributed by atoms with van der Waals surface area (Å²) in [5.41, 5.74) is 2.32. The van der Waals surface area contributed by atoms with Gasteiger partial charge in [0.25, 0.3) is 0 Å². The first-order valence-corrected chi connectivity index (χ1v) is 6.88. The Labute approximate surface area is 117 Å². The van der Waals surface area contributed by atoms with Gasteiger partial charge in [0.05, 0.1) is 19.1 Å². The lowest BCUT2D eigenvalue weighted by molar-refractivity contribution is -0.159. The predicted octanol–water partition coefficient (Wildman–Crippen LogP) is 1.03. The van der Waals surface area contributed by atoms with Gasteiger partial charge >= 0.3 is 5.97 Å². The molecule has 2 aliphatic rings. The van der Waals surface area contributed by atoms with Crippen molar-refractivity contribution in [1.82, 2.24) is 4.90 Å². The fourth-order valence-electron chi connectivity index (χ4n) is 3.03. The van der Waals surface area contributed by atoms with Crippen LogP contribution in [0.3, 0.4) is 0 Å². The third-order valence-corrected chi connectivity index (χ3v) is 4.08. The average Bonchev–Trinajstić information content (AvgIpc) is 2.90. The maximum absolute atomic E-state index is 12.6. The SMILES string of the molecule is O=C(O)C1CN(C(=O)C2CCc3ccccc32)CCO1. The second kappa shape index (κ2) is 5.25. The van der Waals surface area contributed by atoms with E-state index >= 15 is 0 Å². The summed E-state index contributed by atoms with van der Waals surface area (Å²) in [5, 5.41) is 9.00. The van der Waals surface area contributed by atoms with Crippen LogP contribution < -0.4 is 0 Å². The number of hydrogen-bond acceptors (Lipinski definition) is 3. The van der Waals surface area contributed by atoms with Gasteiger partial charge in [-0.1, -0.05) is 24.3 Å². The summed E-state index contributed by atoms with van der Waals surface area (Å²) >= 11 is 0. The molecule has 1 N–H and O–H groups in total. The smallest absolute Gasteiger partial charge is 0.334 e. The molecule has 1 saturated heterocycles. The number of nitrogens with zero attached hydrogens (tertiary/aromatic N) is 1. The first kappa shape index (κ1) is 13.1. The Hall–Kier alpha value is -1.88. The molecule has 1 fully saturated rings. The molecule has 1 aliphatic heterocycles. The van der Waals surface area contributed by atoms with E-state index in [4.69, 9.17) is 9.84 Å². The fraction of sp³-hybridized carbons (Fsp3) is 0.467. The quantitative estimate of drug-likeness (QED) is 0.875. The highest BCUT2D eigenvalue weighted by Gasteiger charge is 2.35. The molecule has 5 nitrogen and oxygen atoms in total. The van der Waals surface area contributed by atoms with Crippen LogP contribution in [0.15, 0.2) is 24.3 Å². The largest absolute Gasteiger partial charge is 0.479 e. The van der Waals surface area contributed by atoms with Gasteiger partial charge in [-0.05, 0) is 24.0 Å². The highest BCUT2D eigenvalue weighted by atomic mass is 16.5. The summed E-state index contributed by atoms with van der Waals surface area (Å²) in [6.07, 6.45) is 0.830. The number of carboxylic acids is 1. The third kappa shape index (κ3) is 2.29. The van der Waals surface area contributed by atoms with Crippen LogP contribution in [0.1, 0.15) is 23.5 Å². The topological polar surface area (TPSA) is 66.8 Å². The molecule has 2 atom stereocenters. The first-order valence-electron chi connectivity index (χ1n) is 6.88. The Morgan fingerprint density at radius 1 is 1.30 bits per heavy atom. The van der Waals surface area contributed by atoms with Gasteiger partial charge in [-0.25, -0.2) is 4.79 Å². The van der Waals surface area contributed by atoms with E-state index in [0.717, 1.165) is 18.4 Å². The van der Waals surface area contributed by atoms with Crippen LogP contribution in [0.5, 0.6) is 0 Å². The zero-order chi connectivity index (χ0) is 14.1. The van der Waals surface area contributed by atoms with Gasteiger partial charge in [-0.15, -0.1) is 0 Å². The van der Waals surface area contributed by atoms with E-state index in [9.17, 15) is 9.59 Å². The molecule has 1 aromatic rings. The second-order valence-electron chi connectivity index (χ2n) is 5.27. The van der Waals surface area contributed by atoms with Crippen molar-refractivity contribution in [1.29, 1.82) is 0 Å². The third-order valence-electron chi connectivity index (χ3n) is 4.08. The number of ether oxygens (including phenoxy) is 1. The summed E-state index contributed by atoms with van der Waals surface area (Å²) in [7, 11) is 0. The highest BCUT2D eigenvalue weighted by molar-refractivity contribution is 5.86. The van der Waals surface area contributed by atoms with E-state index in [1.54, 1.807) is 4.90 Å². The van der Waals surface area contributed by atoms with Crippen molar-refractivity contribution in [3.05, 3.63) is 35.4 Å². The number of carboxylic acid groups (broad SMARTS) is 1. The van der Waals surface area contributed by atoms with Crippen LogP contribution in [0.2, 0.25) is 0 Å². The minimum Gasteiger partial charge on any atom is -0.479 e. The number of aryl methyl sites for hydroxylation is 1. The standard InChI is InChI=1S/C15H17NO4/c17-14(16-7-8-20-13(9-16)15(18)19)12-6-5-10-3-1-2-4-11(10)12/h1-4,12-13H,5-9H2,(H,18,19). The van der Waals surface area contributed by atoms with E-state index in [2.05, 4.69) is 6.07 Å². The number of rotatable bonds is 2. The molecule has 0 saturated carbocycles. The molecule has 106 valence electrons. The Balaban J connectivity index is 1.75. The van der Waals surface area contributed by atoms with Crippen molar-refractivity contribution in [2.45, 2.75) is 24.9 Å². The van der Waals surface area contributed by atoms with E-state index in [0.29, 0.717) is 6.54 Å². The number of morpholine rings is 1. The van der Waals surface area contributed by atoms with Crippen LogP contribution in [0.25, 0.3) is 0 Å². The average molecular weight is 275 g/mol. The van der Waals surface area contributed by atoms with Gasteiger partial charge < -0.3 is 14.7 Å². The van der Waals surface area contributed by atoms with Crippen LogP contribution >= 0.6 is 0 Å². The molecule has 1 heterocycles. The molecule has 0 bridgehead atoms.